The average molecular weight is 168 g/mol. The highest BCUT2D eigenvalue weighted by atomic mass is 32.1. The second kappa shape index (κ2) is 2.03. The number of H-pyrrole nitrogens is 3. The molecule has 0 aromatic carbocycles. The summed E-state index contributed by atoms with van der Waals surface area (Å²) in [5.74, 6) is 0. The highest BCUT2D eigenvalue weighted by molar-refractivity contribution is 7.71. The Bertz CT molecular complexity index is 493. The lowest BCUT2D eigenvalue weighted by Crippen LogP contribution is -2.09. The van der Waals surface area contributed by atoms with Crippen molar-refractivity contribution in [1.82, 2.24) is 20.2 Å². The molecular weight excluding hydrogens is 164 g/mol. The van der Waals surface area contributed by atoms with Crippen LogP contribution in [-0.4, -0.2) is 20.2 Å². The van der Waals surface area contributed by atoms with Gasteiger partial charge >= 0.3 is 5.69 Å². The summed E-state index contributed by atoms with van der Waals surface area (Å²) in [7, 11) is 0. The first-order valence-corrected chi connectivity index (χ1v) is 3.34. The van der Waals surface area contributed by atoms with E-state index in [4.69, 9.17) is 12.2 Å². The van der Waals surface area contributed by atoms with Gasteiger partial charge in [-0.15, -0.1) is 0 Å². The van der Waals surface area contributed by atoms with Crippen molar-refractivity contribution in [2.45, 2.75) is 0 Å². The van der Waals surface area contributed by atoms with Gasteiger partial charge in [0, 0.05) is 0 Å². The molecule has 0 aliphatic heterocycles. The molecule has 2 aromatic rings. The predicted octanol–water partition coefficient (Wildman–Crippen LogP) is 0.309. The fraction of sp³-hybridized carbons (Fsp3) is 0. The van der Waals surface area contributed by atoms with Crippen LogP contribution in [0.4, 0.5) is 0 Å². The second-order valence-electron chi connectivity index (χ2n) is 2.07. The Labute approximate surface area is 65.5 Å². The van der Waals surface area contributed by atoms with E-state index >= 15 is 0 Å². The fourth-order valence-electron chi connectivity index (χ4n) is 0.869. The second-order valence-corrected chi connectivity index (χ2v) is 2.48. The summed E-state index contributed by atoms with van der Waals surface area (Å²) in [5, 5.41) is 7.05. The van der Waals surface area contributed by atoms with Gasteiger partial charge in [-0.05, 0) is 0 Å². The Morgan fingerprint density at radius 2 is 2.27 bits per heavy atom. The van der Waals surface area contributed by atoms with Gasteiger partial charge in [0.2, 0.25) is 0 Å². The van der Waals surface area contributed by atoms with Crippen molar-refractivity contribution in [3.63, 3.8) is 0 Å². The van der Waals surface area contributed by atoms with Crippen LogP contribution in [-0.2, 0) is 0 Å². The van der Waals surface area contributed by atoms with Gasteiger partial charge in [-0.2, -0.15) is 5.10 Å². The minimum atomic E-state index is -0.327. The number of fused-ring (bicyclic) bond motifs is 1. The van der Waals surface area contributed by atoms with E-state index in [0.29, 0.717) is 10.3 Å². The summed E-state index contributed by atoms with van der Waals surface area (Å²) in [6.45, 7) is 0. The van der Waals surface area contributed by atoms with E-state index in [1.165, 1.54) is 0 Å². The van der Waals surface area contributed by atoms with Crippen molar-refractivity contribution in [3.8, 4) is 0 Å². The van der Waals surface area contributed by atoms with Gasteiger partial charge in [0.05, 0.1) is 11.6 Å². The van der Waals surface area contributed by atoms with Gasteiger partial charge in [0.25, 0.3) is 0 Å². The molecule has 0 saturated carbocycles. The third-order valence-electron chi connectivity index (χ3n) is 1.35. The summed E-state index contributed by atoms with van der Waals surface area (Å²) in [6, 6.07) is 0. The first kappa shape index (κ1) is 6.29. The van der Waals surface area contributed by atoms with Gasteiger partial charge in [0.1, 0.15) is 10.3 Å². The smallest absolute Gasteiger partial charge is 0.298 e. The lowest BCUT2D eigenvalue weighted by molar-refractivity contribution is 1.06. The summed E-state index contributed by atoms with van der Waals surface area (Å²) in [5.41, 5.74) is 0.227. The normalized spacial score (nSPS) is 10.5. The number of nitrogens with one attached hydrogen (secondary N) is 3. The highest BCUT2D eigenvalue weighted by Crippen LogP contribution is 2.03. The number of nitrogens with zero attached hydrogens (tertiary/aromatic N) is 1. The number of hydrogen-bond acceptors (Lipinski definition) is 3. The topological polar surface area (TPSA) is 77.3 Å². The van der Waals surface area contributed by atoms with E-state index < -0.39 is 0 Å². The molecule has 2 aromatic heterocycles. The van der Waals surface area contributed by atoms with Gasteiger partial charge < -0.3 is 0 Å². The van der Waals surface area contributed by atoms with Crippen molar-refractivity contribution in [2.24, 2.45) is 0 Å². The maximum atomic E-state index is 10.8. The summed E-state index contributed by atoms with van der Waals surface area (Å²) in [6.07, 6.45) is 1.56. The largest absolute Gasteiger partial charge is 0.325 e. The van der Waals surface area contributed by atoms with Crippen LogP contribution in [0.3, 0.4) is 0 Å². The molecular formula is C5H4N4OS. The van der Waals surface area contributed by atoms with Crippen LogP contribution in [0.5, 0.6) is 0 Å². The van der Waals surface area contributed by atoms with Gasteiger partial charge in [-0.3, -0.25) is 15.1 Å². The molecule has 0 unspecified atom stereocenters. The molecule has 0 amide bonds. The predicted molar refractivity (Wildman–Crippen MR) is 41.9 cm³/mol. The standard InChI is InChI=1S/C5H4N4OS/c10-5-7-3-2(1-6-9-3)4(11)8-5/h1H,(H3,6,7,8,9,10,11). The van der Waals surface area contributed by atoms with Crippen LogP contribution < -0.4 is 5.69 Å². The van der Waals surface area contributed by atoms with Crippen LogP contribution in [0, 0.1) is 4.64 Å². The third-order valence-corrected chi connectivity index (χ3v) is 1.67. The lowest BCUT2D eigenvalue weighted by Gasteiger charge is -1.85. The molecule has 0 fully saturated rings. The van der Waals surface area contributed by atoms with Crippen molar-refractivity contribution >= 4 is 23.3 Å². The molecule has 56 valence electrons. The van der Waals surface area contributed by atoms with Crippen LogP contribution in [0.25, 0.3) is 11.0 Å². The Morgan fingerprint density at radius 1 is 1.45 bits per heavy atom. The number of rotatable bonds is 0. The molecule has 11 heavy (non-hydrogen) atoms. The highest BCUT2D eigenvalue weighted by Gasteiger charge is 1.96. The summed E-state index contributed by atoms with van der Waals surface area (Å²) >= 11 is 4.86. The van der Waals surface area contributed by atoms with E-state index in [1.807, 2.05) is 0 Å². The molecule has 0 saturated heterocycles. The van der Waals surface area contributed by atoms with Gasteiger partial charge in [-0.25, -0.2) is 4.79 Å². The van der Waals surface area contributed by atoms with Gasteiger partial charge in [-0.1, -0.05) is 12.2 Å². The van der Waals surface area contributed by atoms with E-state index in [9.17, 15) is 4.79 Å². The van der Waals surface area contributed by atoms with E-state index in [1.54, 1.807) is 6.20 Å². The lowest BCUT2D eigenvalue weighted by atomic mass is 10.4. The van der Waals surface area contributed by atoms with E-state index in [0.717, 1.165) is 5.39 Å². The number of aromatic nitrogens is 4. The maximum absolute atomic E-state index is 10.8. The Morgan fingerprint density at radius 3 is 3.09 bits per heavy atom. The minimum absolute atomic E-state index is 0.327. The van der Waals surface area contributed by atoms with E-state index in [2.05, 4.69) is 20.2 Å². The van der Waals surface area contributed by atoms with Crippen molar-refractivity contribution in [1.29, 1.82) is 0 Å². The molecule has 0 spiro atoms. The summed E-state index contributed by atoms with van der Waals surface area (Å²) in [4.78, 5) is 15.7. The summed E-state index contributed by atoms with van der Waals surface area (Å²) < 4.78 is 0.400. The molecule has 2 rings (SSSR count). The Kier molecular flexibility index (Phi) is 1.16. The molecule has 2 heterocycles. The van der Waals surface area contributed by atoms with Gasteiger partial charge in [0.15, 0.2) is 0 Å². The quantitative estimate of drug-likeness (QED) is 0.495. The molecule has 0 atom stereocenters. The first-order valence-electron chi connectivity index (χ1n) is 2.93. The minimum Gasteiger partial charge on any atom is -0.298 e. The zero-order valence-corrected chi connectivity index (χ0v) is 6.16. The molecule has 0 bridgehead atoms. The third kappa shape index (κ3) is 0.874. The number of aromatic amines is 3. The zero-order valence-electron chi connectivity index (χ0n) is 5.34. The van der Waals surface area contributed by atoms with Crippen LogP contribution >= 0.6 is 12.2 Å². The SMILES string of the molecule is O=c1[nH]c(=S)c2cn[nH]c2[nH]1. The molecule has 0 aliphatic carbocycles. The average Bonchev–Trinajstić information content (AvgIpc) is 2.34. The van der Waals surface area contributed by atoms with Crippen molar-refractivity contribution in [3.05, 3.63) is 21.3 Å². The molecule has 6 heteroatoms. The van der Waals surface area contributed by atoms with Crippen molar-refractivity contribution in [2.75, 3.05) is 0 Å². The zero-order chi connectivity index (χ0) is 7.84. The Hall–Kier alpha value is -1.43. The van der Waals surface area contributed by atoms with Crippen LogP contribution in [0.2, 0.25) is 0 Å². The molecule has 3 N–H and O–H groups in total. The van der Waals surface area contributed by atoms with Crippen molar-refractivity contribution < 1.29 is 0 Å². The fourth-order valence-corrected chi connectivity index (χ4v) is 1.12. The van der Waals surface area contributed by atoms with Crippen LogP contribution in [0.1, 0.15) is 0 Å². The maximum Gasteiger partial charge on any atom is 0.325 e. The van der Waals surface area contributed by atoms with Crippen LogP contribution in [0.15, 0.2) is 11.0 Å². The first-order chi connectivity index (χ1) is 5.27. The molecule has 0 radical (unpaired) electrons. The number of hydrogen-bond donors (Lipinski definition) is 3. The Balaban J connectivity index is 3.15. The monoisotopic (exact) mass is 168 g/mol. The molecule has 5 nitrogen and oxygen atoms in total. The molecule has 0 aliphatic rings. The van der Waals surface area contributed by atoms with E-state index in [-0.39, 0.29) is 5.69 Å².